The molecule has 0 bridgehead atoms. The van der Waals surface area contributed by atoms with Crippen LogP contribution in [-0.4, -0.2) is 34.1 Å². The predicted molar refractivity (Wildman–Crippen MR) is 121 cm³/mol. The summed E-state index contributed by atoms with van der Waals surface area (Å²) >= 11 is 6.37. The minimum absolute atomic E-state index is 0.0843. The van der Waals surface area contributed by atoms with Gasteiger partial charge in [0.2, 0.25) is 0 Å². The summed E-state index contributed by atoms with van der Waals surface area (Å²) in [5, 5.41) is 19.0. The van der Waals surface area contributed by atoms with Gasteiger partial charge in [0.25, 0.3) is 5.91 Å². The maximum atomic E-state index is 14.0. The van der Waals surface area contributed by atoms with E-state index < -0.39 is 30.3 Å². The first-order chi connectivity index (χ1) is 16.1. The number of alkyl halides is 3. The average molecular weight is 495 g/mol. The number of aliphatic hydroxyl groups is 1. The molecule has 1 amide bonds. The number of fused-ring (bicyclic) bond motifs is 1. The summed E-state index contributed by atoms with van der Waals surface area (Å²) in [6, 6.07) is 10.4. The van der Waals surface area contributed by atoms with Crippen LogP contribution >= 0.6 is 11.6 Å². The summed E-state index contributed by atoms with van der Waals surface area (Å²) in [6.45, 7) is 1.57. The van der Waals surface area contributed by atoms with Gasteiger partial charge in [-0.25, -0.2) is 4.68 Å². The highest BCUT2D eigenvalue weighted by molar-refractivity contribution is 6.36. The summed E-state index contributed by atoms with van der Waals surface area (Å²) in [5.74, 6) is -0.272. The topological polar surface area (TPSA) is 88.4 Å². The molecule has 7 nitrogen and oxygen atoms in total. The molecule has 11 heteroatoms. The van der Waals surface area contributed by atoms with Crippen LogP contribution in [0.5, 0.6) is 5.75 Å². The van der Waals surface area contributed by atoms with Crippen LogP contribution in [0.3, 0.4) is 0 Å². The predicted octanol–water partition coefficient (Wildman–Crippen LogP) is 5.51. The molecule has 1 aliphatic heterocycles. The SMILES string of the molecule is COc1ccc([C@H]2C[C@@H](C(F)(F)F)n3nc(C(=O)Nc4cccc([C@H](C)O)c4)c(Cl)c3N2)cc1. The van der Waals surface area contributed by atoms with Crippen LogP contribution in [0.1, 0.15) is 53.1 Å². The summed E-state index contributed by atoms with van der Waals surface area (Å²) in [6.07, 6.45) is -5.71. The van der Waals surface area contributed by atoms with Gasteiger partial charge in [0.15, 0.2) is 11.7 Å². The molecule has 0 saturated heterocycles. The van der Waals surface area contributed by atoms with E-state index in [-0.39, 0.29) is 23.0 Å². The van der Waals surface area contributed by atoms with Crippen molar-refractivity contribution in [2.75, 3.05) is 17.7 Å². The number of carbonyl (C=O) groups excluding carboxylic acids is 1. The molecule has 180 valence electrons. The van der Waals surface area contributed by atoms with Crippen molar-refractivity contribution in [3.05, 3.63) is 70.4 Å². The van der Waals surface area contributed by atoms with Crippen molar-refractivity contribution in [1.82, 2.24) is 9.78 Å². The van der Waals surface area contributed by atoms with Crippen molar-refractivity contribution in [1.29, 1.82) is 0 Å². The third kappa shape index (κ3) is 4.69. The van der Waals surface area contributed by atoms with Crippen LogP contribution < -0.4 is 15.4 Å². The van der Waals surface area contributed by atoms with Gasteiger partial charge in [-0.05, 0) is 42.3 Å². The Balaban J connectivity index is 1.66. The second kappa shape index (κ2) is 9.19. The highest BCUT2D eigenvalue weighted by Gasteiger charge is 2.47. The number of ether oxygens (including phenoxy) is 1. The molecule has 1 aliphatic rings. The number of hydrogen-bond donors (Lipinski definition) is 3. The lowest BCUT2D eigenvalue weighted by Gasteiger charge is -2.33. The first kappa shape index (κ1) is 23.9. The van der Waals surface area contributed by atoms with Crippen LogP contribution in [0.2, 0.25) is 5.02 Å². The van der Waals surface area contributed by atoms with E-state index in [2.05, 4.69) is 15.7 Å². The fourth-order valence-electron chi connectivity index (χ4n) is 3.86. The van der Waals surface area contributed by atoms with Gasteiger partial charge in [-0.15, -0.1) is 0 Å². The first-order valence-electron chi connectivity index (χ1n) is 10.4. The smallest absolute Gasteiger partial charge is 0.410 e. The number of nitrogens with one attached hydrogen (secondary N) is 2. The molecule has 0 radical (unpaired) electrons. The van der Waals surface area contributed by atoms with E-state index in [9.17, 15) is 23.1 Å². The molecule has 0 saturated carbocycles. The lowest BCUT2D eigenvalue weighted by atomic mass is 9.97. The van der Waals surface area contributed by atoms with E-state index in [4.69, 9.17) is 16.3 Å². The van der Waals surface area contributed by atoms with Crippen LogP contribution in [0.15, 0.2) is 48.5 Å². The molecule has 3 atom stereocenters. The minimum atomic E-state index is -4.61. The Morgan fingerprint density at radius 2 is 2.00 bits per heavy atom. The number of rotatable bonds is 5. The maximum absolute atomic E-state index is 14.0. The summed E-state index contributed by atoms with van der Waals surface area (Å²) in [5.41, 5.74) is 1.19. The number of hydrogen-bond acceptors (Lipinski definition) is 5. The van der Waals surface area contributed by atoms with Gasteiger partial charge in [-0.3, -0.25) is 4.79 Å². The second-order valence-corrected chi connectivity index (χ2v) is 8.35. The molecule has 3 N–H and O–H groups in total. The molecule has 2 aromatic carbocycles. The largest absolute Gasteiger partial charge is 0.497 e. The number of benzene rings is 2. The van der Waals surface area contributed by atoms with E-state index >= 15 is 0 Å². The van der Waals surface area contributed by atoms with Gasteiger partial charge in [-0.2, -0.15) is 18.3 Å². The van der Waals surface area contributed by atoms with Crippen molar-refractivity contribution in [3.63, 3.8) is 0 Å². The highest BCUT2D eigenvalue weighted by Crippen LogP contribution is 2.46. The zero-order chi connectivity index (χ0) is 24.6. The molecule has 0 fully saturated rings. The fourth-order valence-corrected chi connectivity index (χ4v) is 4.12. The Morgan fingerprint density at radius 3 is 2.62 bits per heavy atom. The summed E-state index contributed by atoms with van der Waals surface area (Å²) < 4.78 is 47.7. The van der Waals surface area contributed by atoms with Crippen LogP contribution in [0.4, 0.5) is 24.7 Å². The number of carbonyl (C=O) groups is 1. The molecule has 1 aromatic heterocycles. The minimum Gasteiger partial charge on any atom is -0.497 e. The zero-order valence-corrected chi connectivity index (χ0v) is 19.0. The number of nitrogens with zero attached hydrogens (tertiary/aromatic N) is 2. The van der Waals surface area contributed by atoms with E-state index in [0.717, 1.165) is 4.68 Å². The van der Waals surface area contributed by atoms with Gasteiger partial charge in [0, 0.05) is 12.1 Å². The maximum Gasteiger partial charge on any atom is 0.410 e. The fraction of sp³-hybridized carbons (Fsp3) is 0.304. The molecule has 0 spiro atoms. The van der Waals surface area contributed by atoms with Crippen molar-refractivity contribution >= 4 is 29.0 Å². The van der Waals surface area contributed by atoms with E-state index in [1.807, 2.05) is 0 Å². The third-order valence-corrected chi connectivity index (χ3v) is 6.01. The van der Waals surface area contributed by atoms with Crippen LogP contribution in [-0.2, 0) is 0 Å². The van der Waals surface area contributed by atoms with Gasteiger partial charge in [-0.1, -0.05) is 35.9 Å². The second-order valence-electron chi connectivity index (χ2n) is 7.97. The van der Waals surface area contributed by atoms with E-state index in [1.54, 1.807) is 55.5 Å². The Kier molecular flexibility index (Phi) is 6.46. The van der Waals surface area contributed by atoms with Crippen molar-refractivity contribution < 1.29 is 27.8 Å². The Hall–Kier alpha value is -3.24. The van der Waals surface area contributed by atoms with Gasteiger partial charge < -0.3 is 20.5 Å². The van der Waals surface area contributed by atoms with Crippen LogP contribution in [0, 0.1) is 0 Å². The molecule has 0 aliphatic carbocycles. The van der Waals surface area contributed by atoms with E-state index in [1.165, 1.54) is 7.11 Å². The molecule has 2 heterocycles. The van der Waals surface area contributed by atoms with Crippen molar-refractivity contribution in [2.45, 2.75) is 37.7 Å². The number of amides is 1. The number of methoxy groups -OCH3 is 1. The molecule has 3 aromatic rings. The van der Waals surface area contributed by atoms with E-state index in [0.29, 0.717) is 22.6 Å². The highest BCUT2D eigenvalue weighted by atomic mass is 35.5. The molecule has 0 unspecified atom stereocenters. The van der Waals surface area contributed by atoms with Gasteiger partial charge in [0.05, 0.1) is 19.3 Å². The van der Waals surface area contributed by atoms with Crippen LogP contribution in [0.25, 0.3) is 0 Å². The molecule has 4 rings (SSSR count). The molecular formula is C23H22ClF3N4O3. The monoisotopic (exact) mass is 494 g/mol. The normalized spacial score (nSPS) is 18.6. The lowest BCUT2D eigenvalue weighted by Crippen LogP contribution is -2.35. The number of anilines is 2. The number of aliphatic hydroxyl groups excluding tert-OH is 1. The Morgan fingerprint density at radius 1 is 1.29 bits per heavy atom. The molecule has 34 heavy (non-hydrogen) atoms. The van der Waals surface area contributed by atoms with Gasteiger partial charge >= 0.3 is 6.18 Å². The van der Waals surface area contributed by atoms with Gasteiger partial charge in [0.1, 0.15) is 16.6 Å². The molecular weight excluding hydrogens is 473 g/mol. The quantitative estimate of drug-likeness (QED) is 0.435. The lowest BCUT2D eigenvalue weighted by molar-refractivity contribution is -0.173. The number of aromatic nitrogens is 2. The summed E-state index contributed by atoms with van der Waals surface area (Å²) in [7, 11) is 1.50. The van der Waals surface area contributed by atoms with Crippen molar-refractivity contribution in [3.8, 4) is 5.75 Å². The first-order valence-corrected chi connectivity index (χ1v) is 10.8. The Labute approximate surface area is 198 Å². The third-order valence-electron chi connectivity index (χ3n) is 5.66. The standard InChI is InChI=1S/C23H22ClF3N4O3/c1-12(32)14-4-3-5-15(10-14)28-22(33)20-19(24)21-29-17(13-6-8-16(34-2)9-7-13)11-18(23(25,26)27)31(21)30-20/h3-10,12,17-18,29,32H,11H2,1-2H3,(H,28,33)/t12-,17+,18-/m0/s1. The summed E-state index contributed by atoms with van der Waals surface area (Å²) in [4.78, 5) is 12.9. The zero-order valence-electron chi connectivity index (χ0n) is 18.2. The Bertz CT molecular complexity index is 1200. The number of halogens is 4. The average Bonchev–Trinajstić information content (AvgIpc) is 3.14. The van der Waals surface area contributed by atoms with Crippen molar-refractivity contribution in [2.24, 2.45) is 0 Å².